The van der Waals surface area contributed by atoms with Gasteiger partial charge in [-0.2, -0.15) is 5.26 Å². The van der Waals surface area contributed by atoms with Gasteiger partial charge in [0.2, 0.25) is 0 Å². The number of nitriles is 1. The molecule has 0 radical (unpaired) electrons. The minimum absolute atomic E-state index is 0.0240. The normalized spacial score (nSPS) is 9.95. The standard InChI is InChI=1S/C15H12ClN3O2/c1-10-5-6-11(8-17)7-14(10)18-9-12-13(16)3-2-4-15(12)19(20)21/h2-7,18H,9H2,1H3. The highest BCUT2D eigenvalue weighted by atomic mass is 35.5. The van der Waals surface area contributed by atoms with Gasteiger partial charge in [0.15, 0.2) is 0 Å². The minimum atomic E-state index is -0.457. The molecule has 5 nitrogen and oxygen atoms in total. The lowest BCUT2D eigenvalue weighted by Gasteiger charge is -2.11. The fraction of sp³-hybridized carbons (Fsp3) is 0.133. The lowest BCUT2D eigenvalue weighted by molar-refractivity contribution is -0.385. The van der Waals surface area contributed by atoms with Crippen molar-refractivity contribution >= 4 is 23.0 Å². The van der Waals surface area contributed by atoms with Crippen LogP contribution in [-0.4, -0.2) is 4.92 Å². The number of rotatable bonds is 4. The highest BCUT2D eigenvalue weighted by Crippen LogP contribution is 2.27. The van der Waals surface area contributed by atoms with Crippen LogP contribution in [0.15, 0.2) is 36.4 Å². The molecule has 0 aromatic heterocycles. The van der Waals surface area contributed by atoms with E-state index in [9.17, 15) is 10.1 Å². The molecule has 6 heteroatoms. The molecule has 0 heterocycles. The Labute approximate surface area is 126 Å². The monoisotopic (exact) mass is 301 g/mol. The number of benzene rings is 2. The van der Waals surface area contributed by atoms with E-state index in [2.05, 4.69) is 11.4 Å². The van der Waals surface area contributed by atoms with Crippen molar-refractivity contribution in [1.29, 1.82) is 5.26 Å². The Kier molecular flexibility index (Phi) is 4.41. The van der Waals surface area contributed by atoms with Gasteiger partial charge in [-0.15, -0.1) is 0 Å². The average Bonchev–Trinajstić information content (AvgIpc) is 2.47. The van der Waals surface area contributed by atoms with Gasteiger partial charge in [-0.25, -0.2) is 0 Å². The predicted molar refractivity (Wildman–Crippen MR) is 81.3 cm³/mol. The van der Waals surface area contributed by atoms with E-state index in [1.807, 2.05) is 13.0 Å². The van der Waals surface area contributed by atoms with E-state index in [1.54, 1.807) is 24.3 Å². The molecule has 21 heavy (non-hydrogen) atoms. The van der Waals surface area contributed by atoms with Crippen LogP contribution in [0.25, 0.3) is 0 Å². The maximum atomic E-state index is 11.0. The van der Waals surface area contributed by atoms with Crippen molar-refractivity contribution in [3.63, 3.8) is 0 Å². The summed E-state index contributed by atoms with van der Waals surface area (Å²) >= 11 is 6.04. The van der Waals surface area contributed by atoms with E-state index in [4.69, 9.17) is 16.9 Å². The SMILES string of the molecule is Cc1ccc(C#N)cc1NCc1c(Cl)cccc1[N+](=O)[O-]. The first-order valence-corrected chi connectivity index (χ1v) is 6.57. The summed E-state index contributed by atoms with van der Waals surface area (Å²) in [6, 6.07) is 11.9. The van der Waals surface area contributed by atoms with E-state index in [-0.39, 0.29) is 12.2 Å². The molecule has 0 amide bonds. The van der Waals surface area contributed by atoms with Gasteiger partial charge < -0.3 is 5.32 Å². The van der Waals surface area contributed by atoms with Crippen LogP contribution in [-0.2, 0) is 6.54 Å². The lowest BCUT2D eigenvalue weighted by atomic mass is 10.1. The summed E-state index contributed by atoms with van der Waals surface area (Å²) in [7, 11) is 0. The third-order valence-electron chi connectivity index (χ3n) is 3.11. The van der Waals surface area contributed by atoms with Crippen molar-refractivity contribution in [3.8, 4) is 6.07 Å². The fourth-order valence-corrected chi connectivity index (χ4v) is 2.20. The third-order valence-corrected chi connectivity index (χ3v) is 3.47. The fourth-order valence-electron chi connectivity index (χ4n) is 1.96. The molecule has 2 rings (SSSR count). The zero-order chi connectivity index (χ0) is 15.4. The van der Waals surface area contributed by atoms with Gasteiger partial charge in [0, 0.05) is 18.3 Å². The maximum absolute atomic E-state index is 11.0. The van der Waals surface area contributed by atoms with Crippen LogP contribution < -0.4 is 5.32 Å². The zero-order valence-corrected chi connectivity index (χ0v) is 12.0. The van der Waals surface area contributed by atoms with Crippen LogP contribution in [0.1, 0.15) is 16.7 Å². The van der Waals surface area contributed by atoms with Gasteiger partial charge in [0.1, 0.15) is 0 Å². The summed E-state index contributed by atoms with van der Waals surface area (Å²) in [5, 5.41) is 23.4. The summed E-state index contributed by atoms with van der Waals surface area (Å²) in [6.07, 6.45) is 0. The van der Waals surface area contributed by atoms with Crippen LogP contribution in [0.5, 0.6) is 0 Å². The third kappa shape index (κ3) is 3.30. The van der Waals surface area contributed by atoms with Crippen molar-refractivity contribution in [2.75, 3.05) is 5.32 Å². The summed E-state index contributed by atoms with van der Waals surface area (Å²) < 4.78 is 0. The zero-order valence-electron chi connectivity index (χ0n) is 11.3. The van der Waals surface area contributed by atoms with Gasteiger partial charge in [-0.1, -0.05) is 23.7 Å². The summed E-state index contributed by atoms with van der Waals surface area (Å²) in [5.41, 5.74) is 2.62. The van der Waals surface area contributed by atoms with Crippen molar-refractivity contribution in [2.45, 2.75) is 13.5 Å². The molecule has 0 unspecified atom stereocenters. The Balaban J connectivity index is 2.29. The smallest absolute Gasteiger partial charge is 0.275 e. The molecule has 0 aliphatic carbocycles. The van der Waals surface area contributed by atoms with Crippen molar-refractivity contribution in [2.24, 2.45) is 0 Å². The number of anilines is 1. The van der Waals surface area contributed by atoms with Crippen LogP contribution in [0.2, 0.25) is 5.02 Å². The maximum Gasteiger partial charge on any atom is 0.275 e. The molecule has 0 saturated heterocycles. The van der Waals surface area contributed by atoms with E-state index < -0.39 is 4.92 Å². The topological polar surface area (TPSA) is 79.0 Å². The van der Waals surface area contributed by atoms with E-state index in [0.717, 1.165) is 11.3 Å². The van der Waals surface area contributed by atoms with Crippen LogP contribution in [0.4, 0.5) is 11.4 Å². The van der Waals surface area contributed by atoms with E-state index in [0.29, 0.717) is 16.1 Å². The van der Waals surface area contributed by atoms with Gasteiger partial charge in [0.25, 0.3) is 5.69 Å². The van der Waals surface area contributed by atoms with E-state index in [1.165, 1.54) is 6.07 Å². The van der Waals surface area contributed by atoms with Gasteiger partial charge in [0.05, 0.1) is 27.1 Å². The number of halogens is 1. The molecular formula is C15H12ClN3O2. The molecule has 0 atom stereocenters. The molecule has 2 aromatic carbocycles. The first-order valence-electron chi connectivity index (χ1n) is 6.19. The van der Waals surface area contributed by atoms with Gasteiger partial charge in [-0.05, 0) is 30.7 Å². The Morgan fingerprint density at radius 2 is 2.14 bits per heavy atom. The lowest BCUT2D eigenvalue weighted by Crippen LogP contribution is -2.05. The Morgan fingerprint density at radius 3 is 2.81 bits per heavy atom. The largest absolute Gasteiger partial charge is 0.380 e. The molecule has 0 bridgehead atoms. The molecule has 0 spiro atoms. The average molecular weight is 302 g/mol. The molecule has 1 N–H and O–H groups in total. The second kappa shape index (κ2) is 6.25. The number of nitro benzene ring substituents is 1. The molecule has 0 aliphatic rings. The Morgan fingerprint density at radius 1 is 1.38 bits per heavy atom. The van der Waals surface area contributed by atoms with Crippen LogP contribution in [0.3, 0.4) is 0 Å². The highest BCUT2D eigenvalue weighted by Gasteiger charge is 2.16. The Hall–Kier alpha value is -2.58. The number of nitrogens with zero attached hydrogens (tertiary/aromatic N) is 2. The predicted octanol–water partition coefficient (Wildman–Crippen LogP) is 4.04. The second-order valence-corrected chi connectivity index (χ2v) is 4.90. The molecule has 106 valence electrons. The summed E-state index contributed by atoms with van der Waals surface area (Å²) in [5.74, 6) is 0. The summed E-state index contributed by atoms with van der Waals surface area (Å²) in [6.45, 7) is 2.11. The van der Waals surface area contributed by atoms with Crippen LogP contribution >= 0.6 is 11.6 Å². The van der Waals surface area contributed by atoms with E-state index >= 15 is 0 Å². The second-order valence-electron chi connectivity index (χ2n) is 4.49. The first kappa shape index (κ1) is 14.8. The number of aryl methyl sites for hydroxylation is 1. The van der Waals surface area contributed by atoms with Crippen molar-refractivity contribution < 1.29 is 4.92 Å². The quantitative estimate of drug-likeness (QED) is 0.682. The molecule has 0 saturated carbocycles. The summed E-state index contributed by atoms with van der Waals surface area (Å²) in [4.78, 5) is 10.6. The van der Waals surface area contributed by atoms with Crippen LogP contribution in [0, 0.1) is 28.4 Å². The van der Waals surface area contributed by atoms with Crippen molar-refractivity contribution in [3.05, 3.63) is 68.2 Å². The molecule has 2 aromatic rings. The minimum Gasteiger partial charge on any atom is -0.380 e. The molecule has 0 fully saturated rings. The molecular weight excluding hydrogens is 290 g/mol. The highest BCUT2D eigenvalue weighted by molar-refractivity contribution is 6.31. The number of hydrogen-bond acceptors (Lipinski definition) is 4. The van der Waals surface area contributed by atoms with Crippen molar-refractivity contribution in [1.82, 2.24) is 0 Å². The first-order chi connectivity index (χ1) is 10.0. The Bertz CT molecular complexity index is 738. The van der Waals surface area contributed by atoms with Gasteiger partial charge in [-0.3, -0.25) is 10.1 Å². The number of nitrogens with one attached hydrogen (secondary N) is 1. The number of hydrogen-bond donors (Lipinski definition) is 1. The number of nitro groups is 1. The molecule has 0 aliphatic heterocycles. The van der Waals surface area contributed by atoms with Gasteiger partial charge >= 0.3 is 0 Å².